The zero-order valence-corrected chi connectivity index (χ0v) is 19.6. The molecule has 3 rings (SSSR count). The molecule has 0 aliphatic heterocycles. The third kappa shape index (κ3) is 7.15. The molecule has 0 aliphatic carbocycles. The fraction of sp³-hybridized carbons (Fsp3) is 0.192. The van der Waals surface area contributed by atoms with Crippen molar-refractivity contribution >= 4 is 34.8 Å². The summed E-state index contributed by atoms with van der Waals surface area (Å²) < 4.78 is 5.62. The number of ether oxygens (including phenoxy) is 1. The topological polar surface area (TPSA) is 79.5 Å². The highest BCUT2D eigenvalue weighted by Gasteiger charge is 2.12. The molecule has 0 radical (unpaired) electrons. The highest BCUT2D eigenvalue weighted by Crippen LogP contribution is 2.16. The Morgan fingerprint density at radius 2 is 1.52 bits per heavy atom. The van der Waals surface area contributed by atoms with Gasteiger partial charge in [-0.3, -0.25) is 14.9 Å². The van der Waals surface area contributed by atoms with Crippen molar-refractivity contribution in [3.8, 4) is 5.75 Å². The highest BCUT2D eigenvalue weighted by atomic mass is 32.1. The molecule has 0 saturated carbocycles. The van der Waals surface area contributed by atoms with Crippen LogP contribution in [0.1, 0.15) is 53.1 Å². The number of nitrogens with one attached hydrogen (secondary N) is 3. The molecule has 3 aromatic rings. The lowest BCUT2D eigenvalue weighted by molar-refractivity contribution is 0.0938. The van der Waals surface area contributed by atoms with Crippen molar-refractivity contribution in [2.45, 2.75) is 32.9 Å². The summed E-state index contributed by atoms with van der Waals surface area (Å²) in [5, 5.41) is 8.75. The maximum absolute atomic E-state index is 12.5. The van der Waals surface area contributed by atoms with Gasteiger partial charge in [-0.05, 0) is 81.0 Å². The second-order valence-corrected chi connectivity index (χ2v) is 8.19. The van der Waals surface area contributed by atoms with E-state index < -0.39 is 0 Å². The van der Waals surface area contributed by atoms with Crippen LogP contribution in [0.25, 0.3) is 0 Å². The fourth-order valence-corrected chi connectivity index (χ4v) is 3.34. The number of hydrogen-bond donors (Lipinski definition) is 3. The van der Waals surface area contributed by atoms with Crippen LogP contribution < -0.4 is 20.7 Å². The van der Waals surface area contributed by atoms with E-state index in [9.17, 15) is 9.59 Å². The van der Waals surface area contributed by atoms with E-state index in [0.29, 0.717) is 22.6 Å². The number of anilines is 1. The summed E-state index contributed by atoms with van der Waals surface area (Å²) in [5.41, 5.74) is 2.66. The summed E-state index contributed by atoms with van der Waals surface area (Å²) in [7, 11) is 0. The van der Waals surface area contributed by atoms with Crippen LogP contribution in [0.15, 0.2) is 78.9 Å². The molecular weight excluding hydrogens is 434 g/mol. The van der Waals surface area contributed by atoms with E-state index in [-0.39, 0.29) is 29.1 Å². The molecule has 170 valence electrons. The minimum absolute atomic E-state index is 0.0117. The van der Waals surface area contributed by atoms with Crippen molar-refractivity contribution in [1.82, 2.24) is 10.6 Å². The quantitative estimate of drug-likeness (QED) is 0.427. The van der Waals surface area contributed by atoms with Gasteiger partial charge in [-0.1, -0.05) is 36.4 Å². The van der Waals surface area contributed by atoms with E-state index in [2.05, 4.69) is 16.0 Å². The van der Waals surface area contributed by atoms with E-state index in [1.165, 1.54) is 0 Å². The van der Waals surface area contributed by atoms with E-state index in [1.807, 2.05) is 51.1 Å². The van der Waals surface area contributed by atoms with Crippen molar-refractivity contribution < 1.29 is 14.3 Å². The molecule has 0 fully saturated rings. The molecule has 3 aromatic carbocycles. The normalized spacial score (nSPS) is 11.4. The van der Waals surface area contributed by atoms with Gasteiger partial charge in [0.2, 0.25) is 0 Å². The minimum atomic E-state index is -0.340. The Kier molecular flexibility index (Phi) is 8.16. The Morgan fingerprint density at radius 1 is 0.818 bits per heavy atom. The van der Waals surface area contributed by atoms with Crippen molar-refractivity contribution in [2.75, 3.05) is 5.32 Å². The first-order valence-electron chi connectivity index (χ1n) is 10.7. The lowest BCUT2D eigenvalue weighted by Crippen LogP contribution is -2.34. The third-order valence-electron chi connectivity index (χ3n) is 4.75. The SMILES string of the molecule is CC(C)Oc1cccc(C(=O)NC(=S)Nc2ccc(C(=O)NC(C)c3ccccc3)cc2)c1. The Morgan fingerprint density at radius 3 is 2.18 bits per heavy atom. The summed E-state index contributed by atoms with van der Waals surface area (Å²) in [6.45, 7) is 5.78. The van der Waals surface area contributed by atoms with E-state index in [1.54, 1.807) is 48.5 Å². The maximum atomic E-state index is 12.5. The van der Waals surface area contributed by atoms with Gasteiger partial charge in [0.1, 0.15) is 5.75 Å². The van der Waals surface area contributed by atoms with E-state index >= 15 is 0 Å². The number of thiocarbonyl (C=S) groups is 1. The lowest BCUT2D eigenvalue weighted by atomic mass is 10.1. The molecule has 33 heavy (non-hydrogen) atoms. The van der Waals surface area contributed by atoms with Gasteiger partial charge in [-0.2, -0.15) is 0 Å². The first-order chi connectivity index (χ1) is 15.8. The minimum Gasteiger partial charge on any atom is -0.491 e. The largest absolute Gasteiger partial charge is 0.491 e. The summed E-state index contributed by atoms with van der Waals surface area (Å²) >= 11 is 5.26. The number of carbonyl (C=O) groups is 2. The van der Waals surface area contributed by atoms with E-state index in [0.717, 1.165) is 5.56 Å². The zero-order valence-electron chi connectivity index (χ0n) is 18.8. The van der Waals surface area contributed by atoms with Gasteiger partial charge < -0.3 is 15.4 Å². The smallest absolute Gasteiger partial charge is 0.257 e. The first kappa shape index (κ1) is 23.9. The average molecular weight is 462 g/mol. The van der Waals surface area contributed by atoms with Crippen LogP contribution in [0, 0.1) is 0 Å². The molecule has 6 nitrogen and oxygen atoms in total. The molecular formula is C26H27N3O3S. The second-order valence-electron chi connectivity index (χ2n) is 7.79. The molecule has 3 N–H and O–H groups in total. The van der Waals surface area contributed by atoms with Crippen LogP contribution in [0.4, 0.5) is 5.69 Å². The third-order valence-corrected chi connectivity index (χ3v) is 4.95. The van der Waals surface area contributed by atoms with Crippen molar-refractivity contribution in [2.24, 2.45) is 0 Å². The fourth-order valence-electron chi connectivity index (χ4n) is 3.13. The number of rotatable bonds is 7. The number of benzene rings is 3. The lowest BCUT2D eigenvalue weighted by Gasteiger charge is -2.15. The Labute approximate surface area is 199 Å². The van der Waals surface area contributed by atoms with Gasteiger partial charge in [0.25, 0.3) is 11.8 Å². The Balaban J connectivity index is 1.54. The average Bonchev–Trinajstić information content (AvgIpc) is 2.79. The molecule has 2 amide bonds. The molecule has 7 heteroatoms. The van der Waals surface area contributed by atoms with Crippen LogP contribution >= 0.6 is 12.2 Å². The van der Waals surface area contributed by atoms with Crippen LogP contribution in [-0.4, -0.2) is 23.0 Å². The van der Waals surface area contributed by atoms with Gasteiger partial charge in [-0.25, -0.2) is 0 Å². The van der Waals surface area contributed by atoms with E-state index in [4.69, 9.17) is 17.0 Å². The standard InChI is InChI=1S/C26H27N3O3S/c1-17(2)32-23-11-7-10-21(16-23)25(31)29-26(33)28-22-14-12-20(13-15-22)24(30)27-18(3)19-8-5-4-6-9-19/h4-18H,1-3H3,(H,27,30)(H2,28,29,31,33). The molecule has 0 aliphatic rings. The van der Waals surface area contributed by atoms with Crippen molar-refractivity contribution in [3.05, 3.63) is 95.6 Å². The Bertz CT molecular complexity index is 1120. The second kappa shape index (κ2) is 11.2. The molecule has 1 atom stereocenters. The summed E-state index contributed by atoms with van der Waals surface area (Å²) in [6.07, 6.45) is 0.0117. The van der Waals surface area contributed by atoms with Gasteiger partial charge >= 0.3 is 0 Å². The predicted octanol–water partition coefficient (Wildman–Crippen LogP) is 5.09. The summed E-state index contributed by atoms with van der Waals surface area (Å²) in [6, 6.07) is 23.4. The summed E-state index contributed by atoms with van der Waals surface area (Å²) in [4.78, 5) is 25.0. The molecule has 0 spiro atoms. The molecule has 0 saturated heterocycles. The number of amides is 2. The first-order valence-corrected chi connectivity index (χ1v) is 11.1. The van der Waals surface area contributed by atoms with Crippen molar-refractivity contribution in [1.29, 1.82) is 0 Å². The maximum Gasteiger partial charge on any atom is 0.257 e. The summed E-state index contributed by atoms with van der Waals surface area (Å²) in [5.74, 6) is 0.108. The predicted molar refractivity (Wildman–Crippen MR) is 135 cm³/mol. The van der Waals surface area contributed by atoms with Crippen molar-refractivity contribution in [3.63, 3.8) is 0 Å². The molecule has 0 heterocycles. The molecule has 0 bridgehead atoms. The van der Waals surface area contributed by atoms with Crippen LogP contribution in [0.3, 0.4) is 0 Å². The van der Waals surface area contributed by atoms with Crippen LogP contribution in [0.2, 0.25) is 0 Å². The van der Waals surface area contributed by atoms with Gasteiger partial charge in [0.15, 0.2) is 5.11 Å². The van der Waals surface area contributed by atoms with Gasteiger partial charge in [-0.15, -0.1) is 0 Å². The van der Waals surface area contributed by atoms with Gasteiger partial charge in [0, 0.05) is 16.8 Å². The molecule has 1 unspecified atom stereocenters. The van der Waals surface area contributed by atoms with Crippen LogP contribution in [0.5, 0.6) is 5.75 Å². The van der Waals surface area contributed by atoms with Crippen LogP contribution in [-0.2, 0) is 0 Å². The zero-order chi connectivity index (χ0) is 23.8. The van der Waals surface area contributed by atoms with Gasteiger partial charge in [0.05, 0.1) is 12.1 Å². The monoisotopic (exact) mass is 461 g/mol. The highest BCUT2D eigenvalue weighted by molar-refractivity contribution is 7.80. The Hall–Kier alpha value is -3.71. The number of carbonyl (C=O) groups excluding carboxylic acids is 2. The molecule has 0 aromatic heterocycles. The number of hydrogen-bond acceptors (Lipinski definition) is 4.